The Morgan fingerprint density at radius 3 is 2.30 bits per heavy atom. The molecule has 1 aliphatic rings. The van der Waals surface area contributed by atoms with Crippen molar-refractivity contribution in [3.8, 4) is 0 Å². The second-order valence-electron chi connectivity index (χ2n) is 8.08. The van der Waals surface area contributed by atoms with E-state index in [0.717, 1.165) is 19.3 Å². The van der Waals surface area contributed by atoms with E-state index in [9.17, 15) is 14.4 Å². The van der Waals surface area contributed by atoms with E-state index in [1.54, 1.807) is 48.5 Å². The molecule has 2 amide bonds. The van der Waals surface area contributed by atoms with Crippen LogP contribution in [0.1, 0.15) is 65.8 Å². The third-order valence-electron chi connectivity index (χ3n) is 5.33. The van der Waals surface area contributed by atoms with Crippen LogP contribution in [0.4, 0.5) is 0 Å². The summed E-state index contributed by atoms with van der Waals surface area (Å²) in [6, 6.07) is 13.4. The van der Waals surface area contributed by atoms with Crippen molar-refractivity contribution in [1.29, 1.82) is 0 Å². The quantitative estimate of drug-likeness (QED) is 0.673. The molecule has 0 heterocycles. The number of ketones is 1. The Hall–Kier alpha value is -2.66. The van der Waals surface area contributed by atoms with Gasteiger partial charge in [-0.1, -0.05) is 36.2 Å². The van der Waals surface area contributed by atoms with Gasteiger partial charge in [-0.2, -0.15) is 0 Å². The molecule has 2 atom stereocenters. The van der Waals surface area contributed by atoms with Crippen LogP contribution in [0.25, 0.3) is 0 Å². The Labute approximate surface area is 182 Å². The minimum atomic E-state index is -0.289. The first-order valence-electron chi connectivity index (χ1n) is 10.4. The molecule has 0 aromatic heterocycles. The van der Waals surface area contributed by atoms with Crippen molar-refractivity contribution in [2.24, 2.45) is 5.92 Å². The summed E-state index contributed by atoms with van der Waals surface area (Å²) in [5, 5.41) is 6.54. The van der Waals surface area contributed by atoms with Gasteiger partial charge in [0.25, 0.3) is 5.91 Å². The first kappa shape index (κ1) is 22.0. The van der Waals surface area contributed by atoms with E-state index in [-0.39, 0.29) is 35.6 Å². The van der Waals surface area contributed by atoms with E-state index < -0.39 is 0 Å². The number of hydrogen-bond acceptors (Lipinski definition) is 3. The fourth-order valence-electron chi connectivity index (χ4n) is 3.86. The van der Waals surface area contributed by atoms with Crippen LogP contribution in [0.15, 0.2) is 48.5 Å². The predicted molar refractivity (Wildman–Crippen MR) is 118 cm³/mol. The number of nitrogens with one attached hydrogen (secondary N) is 2. The van der Waals surface area contributed by atoms with Crippen molar-refractivity contribution in [3.63, 3.8) is 0 Å². The van der Waals surface area contributed by atoms with Crippen LogP contribution in [0.3, 0.4) is 0 Å². The van der Waals surface area contributed by atoms with Crippen LogP contribution >= 0.6 is 11.6 Å². The van der Waals surface area contributed by atoms with Crippen LogP contribution in [0, 0.1) is 5.92 Å². The summed E-state index contributed by atoms with van der Waals surface area (Å²) in [5.74, 6) is -0.572. The zero-order valence-electron chi connectivity index (χ0n) is 17.3. The molecule has 30 heavy (non-hydrogen) atoms. The van der Waals surface area contributed by atoms with E-state index >= 15 is 0 Å². The SMILES string of the molecule is CC(C)NC(=O)C1CCCC(NC(=O)c2ccccc2C(=O)c2ccc(Cl)cc2)C1. The summed E-state index contributed by atoms with van der Waals surface area (Å²) in [4.78, 5) is 38.3. The summed E-state index contributed by atoms with van der Waals surface area (Å²) in [6.45, 7) is 3.88. The number of rotatable bonds is 6. The van der Waals surface area contributed by atoms with Crippen LogP contribution in [-0.2, 0) is 4.79 Å². The Morgan fingerprint density at radius 1 is 0.967 bits per heavy atom. The fourth-order valence-corrected chi connectivity index (χ4v) is 3.99. The second kappa shape index (κ2) is 9.90. The van der Waals surface area contributed by atoms with Gasteiger partial charge in [0.05, 0.1) is 5.56 Å². The van der Waals surface area contributed by atoms with Gasteiger partial charge in [0.1, 0.15) is 0 Å². The van der Waals surface area contributed by atoms with Gasteiger partial charge in [-0.3, -0.25) is 14.4 Å². The number of carbonyl (C=O) groups excluding carboxylic acids is 3. The molecule has 0 spiro atoms. The molecule has 158 valence electrons. The first-order valence-corrected chi connectivity index (χ1v) is 10.7. The average Bonchev–Trinajstić information content (AvgIpc) is 2.73. The molecule has 2 N–H and O–H groups in total. The van der Waals surface area contributed by atoms with Gasteiger partial charge < -0.3 is 10.6 Å². The van der Waals surface area contributed by atoms with E-state index in [1.807, 2.05) is 13.8 Å². The first-order chi connectivity index (χ1) is 14.3. The van der Waals surface area contributed by atoms with Crippen molar-refractivity contribution < 1.29 is 14.4 Å². The molecular formula is C24H27ClN2O3. The zero-order chi connectivity index (χ0) is 21.7. The van der Waals surface area contributed by atoms with Gasteiger partial charge in [-0.15, -0.1) is 0 Å². The van der Waals surface area contributed by atoms with Crippen LogP contribution < -0.4 is 10.6 Å². The molecule has 0 bridgehead atoms. The molecule has 2 aromatic rings. The molecule has 2 aromatic carbocycles. The lowest BCUT2D eigenvalue weighted by Gasteiger charge is -2.29. The molecule has 0 aliphatic heterocycles. The highest BCUT2D eigenvalue weighted by atomic mass is 35.5. The van der Waals surface area contributed by atoms with E-state index in [4.69, 9.17) is 11.6 Å². The molecule has 1 saturated carbocycles. The van der Waals surface area contributed by atoms with Gasteiger partial charge in [0.15, 0.2) is 5.78 Å². The van der Waals surface area contributed by atoms with Crippen molar-refractivity contribution in [1.82, 2.24) is 10.6 Å². The van der Waals surface area contributed by atoms with E-state index in [2.05, 4.69) is 10.6 Å². The van der Waals surface area contributed by atoms with Crippen molar-refractivity contribution >= 4 is 29.2 Å². The normalized spacial score (nSPS) is 18.7. The Bertz CT molecular complexity index is 924. The number of halogens is 1. The van der Waals surface area contributed by atoms with Crippen LogP contribution in [-0.4, -0.2) is 29.7 Å². The van der Waals surface area contributed by atoms with Crippen molar-refractivity contribution in [2.45, 2.75) is 51.6 Å². The topological polar surface area (TPSA) is 75.3 Å². The predicted octanol–water partition coefficient (Wildman–Crippen LogP) is 4.38. The Morgan fingerprint density at radius 2 is 1.63 bits per heavy atom. The summed E-state index contributed by atoms with van der Waals surface area (Å²) < 4.78 is 0. The van der Waals surface area contributed by atoms with Gasteiger partial charge in [-0.05, 0) is 63.4 Å². The van der Waals surface area contributed by atoms with Gasteiger partial charge >= 0.3 is 0 Å². The maximum atomic E-state index is 13.0. The molecule has 6 heteroatoms. The lowest BCUT2D eigenvalue weighted by molar-refractivity contribution is -0.126. The third kappa shape index (κ3) is 5.48. The summed E-state index contributed by atoms with van der Waals surface area (Å²) in [5.41, 5.74) is 1.16. The molecule has 5 nitrogen and oxygen atoms in total. The highest BCUT2D eigenvalue weighted by Crippen LogP contribution is 2.25. The number of benzene rings is 2. The lowest BCUT2D eigenvalue weighted by atomic mass is 9.84. The number of amides is 2. The maximum Gasteiger partial charge on any atom is 0.252 e. The monoisotopic (exact) mass is 426 g/mol. The summed E-state index contributed by atoms with van der Waals surface area (Å²) >= 11 is 5.91. The molecule has 1 fully saturated rings. The third-order valence-corrected chi connectivity index (χ3v) is 5.59. The van der Waals surface area contributed by atoms with E-state index in [1.165, 1.54) is 0 Å². The van der Waals surface area contributed by atoms with Crippen molar-refractivity contribution in [3.05, 3.63) is 70.2 Å². The lowest BCUT2D eigenvalue weighted by Crippen LogP contribution is -2.44. The van der Waals surface area contributed by atoms with Gasteiger partial charge in [0.2, 0.25) is 5.91 Å². The Balaban J connectivity index is 1.72. The van der Waals surface area contributed by atoms with Crippen LogP contribution in [0.5, 0.6) is 0 Å². The molecule has 3 rings (SSSR count). The summed E-state index contributed by atoms with van der Waals surface area (Å²) in [7, 11) is 0. The second-order valence-corrected chi connectivity index (χ2v) is 8.52. The number of carbonyl (C=O) groups is 3. The fraction of sp³-hybridized carbons (Fsp3) is 0.375. The average molecular weight is 427 g/mol. The molecule has 0 saturated heterocycles. The smallest absolute Gasteiger partial charge is 0.252 e. The highest BCUT2D eigenvalue weighted by molar-refractivity contribution is 6.30. The number of hydrogen-bond donors (Lipinski definition) is 2. The summed E-state index contributed by atoms with van der Waals surface area (Å²) in [6.07, 6.45) is 3.14. The minimum absolute atomic E-state index is 0.0438. The molecule has 2 unspecified atom stereocenters. The molecule has 0 radical (unpaired) electrons. The molecular weight excluding hydrogens is 400 g/mol. The molecule has 1 aliphatic carbocycles. The zero-order valence-corrected chi connectivity index (χ0v) is 18.0. The standard InChI is InChI=1S/C24H27ClN2O3/c1-15(2)26-23(29)17-6-5-7-19(14-17)27-24(30)21-9-4-3-8-20(21)22(28)16-10-12-18(25)13-11-16/h3-4,8-13,15,17,19H,5-7,14H2,1-2H3,(H,26,29)(H,27,30). The maximum absolute atomic E-state index is 13.0. The van der Waals surface area contributed by atoms with Crippen LogP contribution in [0.2, 0.25) is 5.02 Å². The highest BCUT2D eigenvalue weighted by Gasteiger charge is 2.29. The van der Waals surface area contributed by atoms with Gasteiger partial charge in [0, 0.05) is 34.2 Å². The van der Waals surface area contributed by atoms with Crippen molar-refractivity contribution in [2.75, 3.05) is 0 Å². The van der Waals surface area contributed by atoms with E-state index in [0.29, 0.717) is 28.1 Å². The Kier molecular flexibility index (Phi) is 7.27. The minimum Gasteiger partial charge on any atom is -0.354 e. The largest absolute Gasteiger partial charge is 0.354 e. The van der Waals surface area contributed by atoms with Gasteiger partial charge in [-0.25, -0.2) is 0 Å².